The van der Waals surface area contributed by atoms with Gasteiger partial charge in [-0.05, 0) is 31.2 Å². The van der Waals surface area contributed by atoms with E-state index in [-0.39, 0.29) is 21.5 Å². The highest BCUT2D eigenvalue weighted by atomic mass is 35.5. The zero-order valence-electron chi connectivity index (χ0n) is 11.4. The van der Waals surface area contributed by atoms with Crippen LogP contribution in [0.15, 0.2) is 34.5 Å². The number of nitrogens with one attached hydrogen (secondary N) is 2. The third-order valence-electron chi connectivity index (χ3n) is 2.62. The molecule has 0 aliphatic rings. The predicted molar refractivity (Wildman–Crippen MR) is 89.6 cm³/mol. The average molecular weight is 379 g/mol. The largest absolute Gasteiger partial charge is 0.352 e. The summed E-state index contributed by atoms with van der Waals surface area (Å²) in [5.41, 5.74) is 0.180. The van der Waals surface area contributed by atoms with Gasteiger partial charge in [0.2, 0.25) is 0 Å². The molecule has 2 aromatic rings. The number of halogens is 2. The number of anilines is 1. The van der Waals surface area contributed by atoms with Gasteiger partial charge in [0.25, 0.3) is 15.9 Å². The van der Waals surface area contributed by atoms with Crippen molar-refractivity contribution in [3.05, 3.63) is 44.6 Å². The van der Waals surface area contributed by atoms with Crippen molar-refractivity contribution in [1.82, 2.24) is 5.32 Å². The van der Waals surface area contributed by atoms with Gasteiger partial charge in [-0.15, -0.1) is 11.3 Å². The van der Waals surface area contributed by atoms with Crippen LogP contribution in [0, 0.1) is 0 Å². The summed E-state index contributed by atoms with van der Waals surface area (Å²) in [6, 6.07) is 5.78. The SMILES string of the molecule is CCNC(=O)c1cc(S(=O)(=O)Nc2cc(Cl)ccc2Cl)cs1. The summed E-state index contributed by atoms with van der Waals surface area (Å²) in [6.45, 7) is 2.25. The van der Waals surface area contributed by atoms with E-state index in [2.05, 4.69) is 10.0 Å². The van der Waals surface area contributed by atoms with Crippen molar-refractivity contribution < 1.29 is 13.2 Å². The number of hydrogen-bond acceptors (Lipinski definition) is 4. The Hall–Kier alpha value is -1.28. The highest BCUT2D eigenvalue weighted by Gasteiger charge is 2.20. The highest BCUT2D eigenvalue weighted by molar-refractivity contribution is 7.92. The highest BCUT2D eigenvalue weighted by Crippen LogP contribution is 2.28. The Balaban J connectivity index is 2.27. The molecule has 0 unspecified atom stereocenters. The van der Waals surface area contributed by atoms with Crippen LogP contribution in [0.4, 0.5) is 5.69 Å². The average Bonchev–Trinajstić information content (AvgIpc) is 2.93. The molecule has 5 nitrogen and oxygen atoms in total. The third kappa shape index (κ3) is 3.92. The molecule has 0 aliphatic carbocycles. The fraction of sp³-hybridized carbons (Fsp3) is 0.154. The summed E-state index contributed by atoms with van der Waals surface area (Å²) < 4.78 is 27.0. The normalized spacial score (nSPS) is 11.2. The molecule has 0 saturated carbocycles. The molecule has 118 valence electrons. The van der Waals surface area contributed by atoms with Crippen molar-refractivity contribution >= 4 is 56.2 Å². The molecule has 9 heteroatoms. The number of rotatable bonds is 5. The van der Waals surface area contributed by atoms with Crippen LogP contribution in [0.1, 0.15) is 16.6 Å². The summed E-state index contributed by atoms with van der Waals surface area (Å²) in [5, 5.41) is 4.59. The number of carbonyl (C=O) groups is 1. The van der Waals surface area contributed by atoms with Gasteiger partial charge in [0.15, 0.2) is 0 Å². The summed E-state index contributed by atoms with van der Waals surface area (Å²) in [5.74, 6) is -0.310. The predicted octanol–water partition coefficient (Wildman–Crippen LogP) is 3.61. The Morgan fingerprint density at radius 1 is 1.27 bits per heavy atom. The van der Waals surface area contributed by atoms with Crippen LogP contribution in [0.25, 0.3) is 0 Å². The fourth-order valence-corrected chi connectivity index (χ4v) is 4.26. The van der Waals surface area contributed by atoms with Crippen molar-refractivity contribution in [2.45, 2.75) is 11.8 Å². The molecule has 0 fully saturated rings. The zero-order chi connectivity index (χ0) is 16.3. The van der Waals surface area contributed by atoms with Crippen molar-refractivity contribution in [1.29, 1.82) is 0 Å². The van der Waals surface area contributed by atoms with Gasteiger partial charge in [-0.25, -0.2) is 8.42 Å². The van der Waals surface area contributed by atoms with Crippen LogP contribution in [0.3, 0.4) is 0 Å². The second-order valence-electron chi connectivity index (χ2n) is 4.24. The quantitative estimate of drug-likeness (QED) is 0.834. The van der Waals surface area contributed by atoms with Crippen molar-refractivity contribution in [3.63, 3.8) is 0 Å². The molecule has 0 atom stereocenters. The second-order valence-corrected chi connectivity index (χ2v) is 7.67. The molecule has 1 heterocycles. The molecule has 1 aromatic carbocycles. The minimum absolute atomic E-state index is 0.00482. The molecule has 1 amide bonds. The standard InChI is InChI=1S/C13H12Cl2N2O3S2/c1-2-16-13(18)12-6-9(7-21-12)22(19,20)17-11-5-8(14)3-4-10(11)15/h3-7,17H,2H2,1H3,(H,16,18). The van der Waals surface area contributed by atoms with E-state index in [4.69, 9.17) is 23.2 Å². The molecule has 0 spiro atoms. The molecule has 2 N–H and O–H groups in total. The van der Waals surface area contributed by atoms with E-state index < -0.39 is 10.0 Å². The van der Waals surface area contributed by atoms with Gasteiger partial charge in [0.05, 0.1) is 20.5 Å². The van der Waals surface area contributed by atoms with E-state index in [0.717, 1.165) is 11.3 Å². The third-order valence-corrected chi connectivity index (χ3v) is 5.61. The summed E-state index contributed by atoms with van der Waals surface area (Å²) in [7, 11) is -3.84. The van der Waals surface area contributed by atoms with Gasteiger partial charge in [0.1, 0.15) is 0 Å². The van der Waals surface area contributed by atoms with Crippen molar-refractivity contribution in [3.8, 4) is 0 Å². The maximum absolute atomic E-state index is 12.3. The Kier molecular flexibility index (Phi) is 5.33. The molecule has 0 aliphatic heterocycles. The number of thiophene rings is 1. The van der Waals surface area contributed by atoms with Crippen LogP contribution in [-0.4, -0.2) is 20.9 Å². The molecular weight excluding hydrogens is 367 g/mol. The topological polar surface area (TPSA) is 75.3 Å². The molecule has 0 radical (unpaired) electrons. The van der Waals surface area contributed by atoms with E-state index in [0.29, 0.717) is 16.4 Å². The fourth-order valence-electron chi connectivity index (χ4n) is 1.61. The molecule has 0 bridgehead atoms. The molecule has 0 saturated heterocycles. The molecule has 22 heavy (non-hydrogen) atoms. The van der Waals surface area contributed by atoms with Gasteiger partial charge < -0.3 is 5.32 Å². The summed E-state index contributed by atoms with van der Waals surface area (Å²) in [6.07, 6.45) is 0. The zero-order valence-corrected chi connectivity index (χ0v) is 14.5. The van der Waals surface area contributed by atoms with Crippen LogP contribution in [0.2, 0.25) is 10.0 Å². The van der Waals surface area contributed by atoms with E-state index >= 15 is 0 Å². The first-order chi connectivity index (χ1) is 10.3. The second kappa shape index (κ2) is 6.87. The Bertz CT molecular complexity index is 803. The van der Waals surface area contributed by atoms with Gasteiger partial charge >= 0.3 is 0 Å². The monoisotopic (exact) mass is 378 g/mol. The number of amides is 1. The Morgan fingerprint density at radius 2 is 2.00 bits per heavy atom. The van der Waals surface area contributed by atoms with Crippen LogP contribution in [-0.2, 0) is 10.0 Å². The van der Waals surface area contributed by atoms with Crippen molar-refractivity contribution in [2.75, 3.05) is 11.3 Å². The lowest BCUT2D eigenvalue weighted by Gasteiger charge is -2.08. The van der Waals surface area contributed by atoms with E-state index in [1.54, 1.807) is 13.0 Å². The van der Waals surface area contributed by atoms with Gasteiger partial charge in [-0.1, -0.05) is 23.2 Å². The van der Waals surface area contributed by atoms with Crippen LogP contribution in [0.5, 0.6) is 0 Å². The smallest absolute Gasteiger partial charge is 0.262 e. The Labute approximate surface area is 142 Å². The molecule has 1 aromatic heterocycles. The lowest BCUT2D eigenvalue weighted by molar-refractivity contribution is 0.0959. The van der Waals surface area contributed by atoms with Gasteiger partial charge in [0, 0.05) is 16.9 Å². The molecular formula is C13H12Cl2N2O3S2. The number of hydrogen-bond donors (Lipinski definition) is 2. The number of sulfonamides is 1. The lowest BCUT2D eigenvalue weighted by Crippen LogP contribution is -2.21. The number of benzene rings is 1. The van der Waals surface area contributed by atoms with Crippen LogP contribution < -0.4 is 10.0 Å². The maximum Gasteiger partial charge on any atom is 0.262 e. The minimum atomic E-state index is -3.84. The van der Waals surface area contributed by atoms with Gasteiger partial charge in [-0.3, -0.25) is 9.52 Å². The summed E-state index contributed by atoms with van der Waals surface area (Å²) in [4.78, 5) is 12.0. The van der Waals surface area contributed by atoms with Gasteiger partial charge in [-0.2, -0.15) is 0 Å². The number of carbonyl (C=O) groups excluding carboxylic acids is 1. The van der Waals surface area contributed by atoms with Crippen molar-refractivity contribution in [2.24, 2.45) is 0 Å². The van der Waals surface area contributed by atoms with Crippen LogP contribution >= 0.6 is 34.5 Å². The molecule has 2 rings (SSSR count). The van der Waals surface area contributed by atoms with E-state index in [9.17, 15) is 13.2 Å². The lowest BCUT2D eigenvalue weighted by atomic mass is 10.3. The maximum atomic E-state index is 12.3. The first-order valence-corrected chi connectivity index (χ1v) is 9.30. The first kappa shape index (κ1) is 17.1. The Morgan fingerprint density at radius 3 is 2.68 bits per heavy atom. The minimum Gasteiger partial charge on any atom is -0.352 e. The first-order valence-electron chi connectivity index (χ1n) is 6.18. The van der Waals surface area contributed by atoms with E-state index in [1.165, 1.54) is 23.6 Å². The van der Waals surface area contributed by atoms with E-state index in [1.807, 2.05) is 0 Å². The summed E-state index contributed by atoms with van der Waals surface area (Å²) >= 11 is 12.8.